The van der Waals surface area contributed by atoms with Gasteiger partial charge in [0.25, 0.3) is 0 Å². The highest BCUT2D eigenvalue weighted by atomic mass is 19.1. The molecule has 3 rings (SSSR count). The van der Waals surface area contributed by atoms with Gasteiger partial charge in [-0.25, -0.2) is 4.39 Å². The van der Waals surface area contributed by atoms with E-state index < -0.39 is 23.6 Å². The number of benzene rings is 1. The van der Waals surface area contributed by atoms with Gasteiger partial charge in [0.15, 0.2) is 11.6 Å². The molecule has 3 unspecified atom stereocenters. The number of carboxylic acid groups (broad SMARTS) is 1. The van der Waals surface area contributed by atoms with E-state index in [1.807, 2.05) is 0 Å². The first-order chi connectivity index (χ1) is 11.0. The maximum absolute atomic E-state index is 14.0. The molecule has 0 spiro atoms. The summed E-state index contributed by atoms with van der Waals surface area (Å²) in [5, 5.41) is 11.6. The molecule has 0 aliphatic heterocycles. The van der Waals surface area contributed by atoms with E-state index in [9.17, 15) is 14.0 Å². The number of hydrogen-bond acceptors (Lipinski definition) is 3. The van der Waals surface area contributed by atoms with Crippen LogP contribution in [0.2, 0.25) is 0 Å². The number of carboxylic acids is 1. The number of rotatable bonds is 7. The Morgan fingerprint density at radius 2 is 2.13 bits per heavy atom. The predicted octanol–water partition coefficient (Wildman–Crippen LogP) is 2.51. The fourth-order valence-electron chi connectivity index (χ4n) is 2.56. The number of aliphatic carboxylic acids is 1. The largest absolute Gasteiger partial charge is 0.490 e. The van der Waals surface area contributed by atoms with Crippen molar-refractivity contribution in [1.82, 2.24) is 5.32 Å². The van der Waals surface area contributed by atoms with E-state index in [4.69, 9.17) is 9.84 Å². The molecule has 5 nitrogen and oxygen atoms in total. The maximum atomic E-state index is 14.0. The second-order valence-electron chi connectivity index (χ2n) is 6.46. The molecule has 0 radical (unpaired) electrons. The third-order valence-corrected chi connectivity index (χ3v) is 4.43. The molecule has 1 aromatic carbocycles. The lowest BCUT2D eigenvalue weighted by atomic mass is 10.1. The summed E-state index contributed by atoms with van der Waals surface area (Å²) in [5.41, 5.74) is 0.627. The molecular formula is C17H20FNO4. The summed E-state index contributed by atoms with van der Waals surface area (Å²) in [6.45, 7) is 2.29. The third kappa shape index (κ3) is 3.81. The zero-order valence-electron chi connectivity index (χ0n) is 12.9. The number of carbonyl (C=O) groups is 2. The molecular weight excluding hydrogens is 301 g/mol. The molecule has 2 N–H and O–H groups in total. The SMILES string of the molecule is CC(NC(=O)C1CC1C(=O)O)c1ccc(OCC2CC2)c(F)c1. The van der Waals surface area contributed by atoms with Crippen molar-refractivity contribution in [2.75, 3.05) is 6.61 Å². The average Bonchev–Trinajstić information content (AvgIpc) is 3.37. The van der Waals surface area contributed by atoms with E-state index in [2.05, 4.69) is 5.32 Å². The molecule has 2 fully saturated rings. The third-order valence-electron chi connectivity index (χ3n) is 4.43. The van der Waals surface area contributed by atoms with E-state index in [0.29, 0.717) is 24.5 Å². The van der Waals surface area contributed by atoms with Crippen LogP contribution < -0.4 is 10.1 Å². The van der Waals surface area contributed by atoms with Gasteiger partial charge in [0.2, 0.25) is 5.91 Å². The minimum Gasteiger partial charge on any atom is -0.490 e. The van der Waals surface area contributed by atoms with Gasteiger partial charge in [-0.15, -0.1) is 0 Å². The van der Waals surface area contributed by atoms with Crippen molar-refractivity contribution in [1.29, 1.82) is 0 Å². The minimum absolute atomic E-state index is 0.229. The zero-order valence-corrected chi connectivity index (χ0v) is 12.9. The summed E-state index contributed by atoms with van der Waals surface area (Å²) in [7, 11) is 0. The Morgan fingerprint density at radius 1 is 1.39 bits per heavy atom. The van der Waals surface area contributed by atoms with E-state index in [1.165, 1.54) is 6.07 Å². The zero-order chi connectivity index (χ0) is 16.6. The summed E-state index contributed by atoms with van der Waals surface area (Å²) in [5.74, 6) is -1.96. The van der Waals surface area contributed by atoms with Gasteiger partial charge in [0.1, 0.15) is 0 Å². The molecule has 6 heteroatoms. The van der Waals surface area contributed by atoms with Crippen molar-refractivity contribution >= 4 is 11.9 Å². The Morgan fingerprint density at radius 3 is 2.70 bits per heavy atom. The Balaban J connectivity index is 1.56. The molecule has 0 bridgehead atoms. The van der Waals surface area contributed by atoms with E-state index in [-0.39, 0.29) is 17.7 Å². The highest BCUT2D eigenvalue weighted by Crippen LogP contribution is 2.39. The number of halogens is 1. The topological polar surface area (TPSA) is 75.6 Å². The van der Waals surface area contributed by atoms with E-state index >= 15 is 0 Å². The Bertz CT molecular complexity index is 629. The summed E-state index contributed by atoms with van der Waals surface area (Å²) < 4.78 is 19.5. The molecule has 1 aromatic rings. The smallest absolute Gasteiger partial charge is 0.307 e. The quantitative estimate of drug-likeness (QED) is 0.809. The average molecular weight is 321 g/mol. The number of nitrogens with one attached hydrogen (secondary N) is 1. The summed E-state index contributed by atoms with van der Waals surface area (Å²) in [4.78, 5) is 22.7. The summed E-state index contributed by atoms with van der Waals surface area (Å²) >= 11 is 0. The predicted molar refractivity (Wildman–Crippen MR) is 80.4 cm³/mol. The molecule has 124 valence electrons. The molecule has 2 saturated carbocycles. The molecule has 1 amide bonds. The second kappa shape index (κ2) is 6.18. The highest BCUT2D eigenvalue weighted by Gasteiger charge is 2.48. The molecule has 0 aromatic heterocycles. The van der Waals surface area contributed by atoms with Crippen molar-refractivity contribution in [3.05, 3.63) is 29.6 Å². The molecule has 2 aliphatic rings. The van der Waals surface area contributed by atoms with Crippen LogP contribution in [0, 0.1) is 23.6 Å². The van der Waals surface area contributed by atoms with Gasteiger partial charge in [-0.2, -0.15) is 0 Å². The van der Waals surface area contributed by atoms with Gasteiger partial charge in [-0.3, -0.25) is 9.59 Å². The van der Waals surface area contributed by atoms with Crippen LogP contribution in [-0.4, -0.2) is 23.6 Å². The molecule has 0 heterocycles. The van der Waals surface area contributed by atoms with Crippen molar-refractivity contribution in [2.45, 2.75) is 32.2 Å². The fraction of sp³-hybridized carbons (Fsp3) is 0.529. The fourth-order valence-corrected chi connectivity index (χ4v) is 2.56. The standard InChI is InChI=1S/C17H20FNO4/c1-9(19-16(20)12-7-13(12)17(21)22)11-4-5-15(14(18)6-11)23-8-10-2-3-10/h4-6,9-10,12-13H,2-3,7-8H2,1H3,(H,19,20)(H,21,22). The lowest BCUT2D eigenvalue weighted by Crippen LogP contribution is -2.29. The van der Waals surface area contributed by atoms with Gasteiger partial charge in [-0.05, 0) is 49.8 Å². The number of ether oxygens (including phenoxy) is 1. The summed E-state index contributed by atoms with van der Waals surface area (Å²) in [6.07, 6.45) is 2.65. The molecule has 3 atom stereocenters. The first kappa shape index (κ1) is 15.8. The maximum Gasteiger partial charge on any atom is 0.307 e. The summed E-state index contributed by atoms with van der Waals surface area (Å²) in [6, 6.07) is 4.27. The van der Waals surface area contributed by atoms with Crippen LogP contribution in [0.25, 0.3) is 0 Å². The van der Waals surface area contributed by atoms with Crippen LogP contribution in [0.5, 0.6) is 5.75 Å². The van der Waals surface area contributed by atoms with Crippen molar-refractivity contribution < 1.29 is 23.8 Å². The van der Waals surface area contributed by atoms with Crippen LogP contribution in [0.15, 0.2) is 18.2 Å². The first-order valence-corrected chi connectivity index (χ1v) is 7.91. The lowest BCUT2D eigenvalue weighted by molar-refractivity contribution is -0.140. The van der Waals surface area contributed by atoms with Crippen LogP contribution >= 0.6 is 0 Å². The molecule has 23 heavy (non-hydrogen) atoms. The van der Waals surface area contributed by atoms with Crippen molar-refractivity contribution in [2.24, 2.45) is 17.8 Å². The van der Waals surface area contributed by atoms with Crippen molar-refractivity contribution in [3.63, 3.8) is 0 Å². The van der Waals surface area contributed by atoms with Crippen LogP contribution in [0.1, 0.15) is 37.8 Å². The molecule has 2 aliphatic carbocycles. The number of amides is 1. The van der Waals surface area contributed by atoms with Gasteiger partial charge in [0.05, 0.1) is 24.5 Å². The van der Waals surface area contributed by atoms with Crippen LogP contribution in [-0.2, 0) is 9.59 Å². The Labute approximate surface area is 133 Å². The first-order valence-electron chi connectivity index (χ1n) is 7.91. The van der Waals surface area contributed by atoms with Crippen LogP contribution in [0.4, 0.5) is 4.39 Å². The lowest BCUT2D eigenvalue weighted by Gasteiger charge is -2.15. The van der Waals surface area contributed by atoms with E-state index in [0.717, 1.165) is 12.8 Å². The minimum atomic E-state index is -0.944. The Kier molecular flexibility index (Phi) is 4.24. The normalized spacial score (nSPS) is 23.9. The van der Waals surface area contributed by atoms with Gasteiger partial charge >= 0.3 is 5.97 Å². The highest BCUT2D eigenvalue weighted by molar-refractivity contribution is 5.89. The van der Waals surface area contributed by atoms with Gasteiger partial charge in [-0.1, -0.05) is 6.07 Å². The monoisotopic (exact) mass is 321 g/mol. The van der Waals surface area contributed by atoms with Crippen LogP contribution in [0.3, 0.4) is 0 Å². The van der Waals surface area contributed by atoms with Gasteiger partial charge in [0, 0.05) is 0 Å². The van der Waals surface area contributed by atoms with Gasteiger partial charge < -0.3 is 15.2 Å². The molecule has 0 saturated heterocycles. The Hall–Kier alpha value is -2.11. The number of carbonyl (C=O) groups excluding carboxylic acids is 1. The number of hydrogen-bond donors (Lipinski definition) is 2. The van der Waals surface area contributed by atoms with E-state index in [1.54, 1.807) is 19.1 Å². The van der Waals surface area contributed by atoms with Crippen molar-refractivity contribution in [3.8, 4) is 5.75 Å². The second-order valence-corrected chi connectivity index (χ2v) is 6.46.